The molecule has 0 spiro atoms. The second-order valence-electron chi connectivity index (χ2n) is 4.25. The number of nitrogens with zero attached hydrogens (tertiary/aromatic N) is 2. The zero-order valence-electron chi connectivity index (χ0n) is 10.7. The number of likely N-dealkylation sites (N-methyl/N-ethyl adjacent to an activating group) is 1. The van der Waals surface area contributed by atoms with Crippen molar-refractivity contribution in [3.63, 3.8) is 0 Å². The molecule has 0 aromatic rings. The number of urea groups is 1. The summed E-state index contributed by atoms with van der Waals surface area (Å²) in [5.74, 6) is -3.76. The van der Waals surface area contributed by atoms with Gasteiger partial charge in [-0.25, -0.2) is 9.59 Å². The topological polar surface area (TPSA) is 150 Å². The molecular formula is C10H14N4O6. The van der Waals surface area contributed by atoms with Gasteiger partial charge in [0.25, 0.3) is 5.91 Å². The molecule has 5 amide bonds. The Bertz CT molecular complexity index is 476. The lowest BCUT2D eigenvalue weighted by Crippen LogP contribution is -2.48. The molecule has 20 heavy (non-hydrogen) atoms. The Morgan fingerprint density at radius 1 is 1.40 bits per heavy atom. The lowest BCUT2D eigenvalue weighted by molar-refractivity contribution is -0.143. The SMILES string of the molecule is CN1CC(=O)N(CC(=O)N[C@@H](CC(N)=O)C(=O)O)C1=O. The molecule has 0 aliphatic carbocycles. The van der Waals surface area contributed by atoms with Crippen LogP contribution in [0.25, 0.3) is 0 Å². The molecule has 0 radical (unpaired) electrons. The van der Waals surface area contributed by atoms with Gasteiger partial charge in [0.15, 0.2) is 0 Å². The normalized spacial score (nSPS) is 16.2. The van der Waals surface area contributed by atoms with Gasteiger partial charge >= 0.3 is 12.0 Å². The van der Waals surface area contributed by atoms with E-state index in [-0.39, 0.29) is 6.54 Å². The molecule has 0 unspecified atom stereocenters. The zero-order valence-corrected chi connectivity index (χ0v) is 10.7. The average Bonchev–Trinajstić information content (AvgIpc) is 2.54. The van der Waals surface area contributed by atoms with E-state index in [2.05, 4.69) is 0 Å². The van der Waals surface area contributed by atoms with E-state index < -0.39 is 48.7 Å². The smallest absolute Gasteiger partial charge is 0.327 e. The minimum absolute atomic E-state index is 0.143. The predicted molar refractivity (Wildman–Crippen MR) is 63.1 cm³/mol. The van der Waals surface area contributed by atoms with E-state index in [9.17, 15) is 24.0 Å². The summed E-state index contributed by atoms with van der Waals surface area (Å²) in [4.78, 5) is 57.8. The van der Waals surface area contributed by atoms with Crippen molar-refractivity contribution in [3.05, 3.63) is 0 Å². The Kier molecular flexibility index (Phi) is 4.62. The summed E-state index contributed by atoms with van der Waals surface area (Å²) in [7, 11) is 1.39. The molecule has 1 atom stereocenters. The Morgan fingerprint density at radius 2 is 2.00 bits per heavy atom. The van der Waals surface area contributed by atoms with Gasteiger partial charge in [-0.15, -0.1) is 0 Å². The largest absolute Gasteiger partial charge is 0.480 e. The maximum atomic E-state index is 11.6. The number of primary amides is 1. The van der Waals surface area contributed by atoms with Crippen molar-refractivity contribution < 1.29 is 29.1 Å². The second kappa shape index (κ2) is 5.99. The number of rotatable bonds is 6. The van der Waals surface area contributed by atoms with Crippen LogP contribution in [0.15, 0.2) is 0 Å². The minimum atomic E-state index is -1.49. The molecule has 0 saturated carbocycles. The molecule has 1 fully saturated rings. The first kappa shape index (κ1) is 15.4. The van der Waals surface area contributed by atoms with Crippen molar-refractivity contribution in [2.24, 2.45) is 5.73 Å². The first-order valence-electron chi connectivity index (χ1n) is 5.58. The van der Waals surface area contributed by atoms with Crippen LogP contribution in [0.4, 0.5) is 4.79 Å². The van der Waals surface area contributed by atoms with Gasteiger partial charge in [-0.05, 0) is 0 Å². The highest BCUT2D eigenvalue weighted by Crippen LogP contribution is 2.07. The average molecular weight is 286 g/mol. The van der Waals surface area contributed by atoms with Crippen LogP contribution in [0.2, 0.25) is 0 Å². The summed E-state index contributed by atoms with van der Waals surface area (Å²) >= 11 is 0. The highest BCUT2D eigenvalue weighted by molar-refractivity contribution is 6.04. The van der Waals surface area contributed by atoms with Crippen molar-refractivity contribution in [2.75, 3.05) is 20.1 Å². The van der Waals surface area contributed by atoms with Gasteiger partial charge in [0.1, 0.15) is 19.1 Å². The molecule has 0 aromatic heterocycles. The number of hydrogen-bond acceptors (Lipinski definition) is 5. The standard InChI is InChI=1S/C10H14N4O6/c1-13-4-8(17)14(10(13)20)3-7(16)12-5(9(18)19)2-6(11)15/h5H,2-4H2,1H3,(H2,11,15)(H,12,16)(H,18,19)/t5-/m0/s1. The molecule has 1 aliphatic heterocycles. The van der Waals surface area contributed by atoms with Crippen molar-refractivity contribution in [3.8, 4) is 0 Å². The fraction of sp³-hybridized carbons (Fsp3) is 0.500. The quantitative estimate of drug-likeness (QED) is 0.453. The lowest BCUT2D eigenvalue weighted by Gasteiger charge is -2.16. The predicted octanol–water partition coefficient (Wildman–Crippen LogP) is -2.67. The number of nitrogens with two attached hydrogens (primary N) is 1. The molecule has 110 valence electrons. The molecular weight excluding hydrogens is 272 g/mol. The van der Waals surface area contributed by atoms with Crippen molar-refractivity contribution in [2.45, 2.75) is 12.5 Å². The Morgan fingerprint density at radius 3 is 2.40 bits per heavy atom. The number of carboxylic acid groups (broad SMARTS) is 1. The van der Waals surface area contributed by atoms with Gasteiger partial charge in [0.2, 0.25) is 11.8 Å². The van der Waals surface area contributed by atoms with Crippen molar-refractivity contribution >= 4 is 29.7 Å². The second-order valence-corrected chi connectivity index (χ2v) is 4.25. The number of amides is 5. The van der Waals surface area contributed by atoms with E-state index in [0.717, 1.165) is 4.90 Å². The summed E-state index contributed by atoms with van der Waals surface area (Å²) < 4.78 is 0. The van der Waals surface area contributed by atoms with Crippen LogP contribution in [-0.4, -0.2) is 70.8 Å². The highest BCUT2D eigenvalue weighted by Gasteiger charge is 2.35. The van der Waals surface area contributed by atoms with Crippen LogP contribution in [-0.2, 0) is 19.2 Å². The summed E-state index contributed by atoms with van der Waals surface area (Å²) in [5.41, 5.74) is 4.85. The van der Waals surface area contributed by atoms with Gasteiger partial charge < -0.3 is 21.1 Å². The highest BCUT2D eigenvalue weighted by atomic mass is 16.4. The van der Waals surface area contributed by atoms with Crippen molar-refractivity contribution in [1.29, 1.82) is 0 Å². The number of nitrogens with one attached hydrogen (secondary N) is 1. The van der Waals surface area contributed by atoms with Gasteiger partial charge in [-0.3, -0.25) is 19.3 Å². The fourth-order valence-corrected chi connectivity index (χ4v) is 1.61. The van der Waals surface area contributed by atoms with E-state index in [1.54, 1.807) is 0 Å². The summed E-state index contributed by atoms with van der Waals surface area (Å²) in [5, 5.41) is 10.8. The first-order chi connectivity index (χ1) is 9.22. The number of aliphatic carboxylic acids is 1. The third-order valence-corrected chi connectivity index (χ3v) is 2.57. The fourth-order valence-electron chi connectivity index (χ4n) is 1.61. The summed E-state index contributed by atoms with van der Waals surface area (Å²) in [6.07, 6.45) is -0.580. The summed E-state index contributed by atoms with van der Waals surface area (Å²) in [6, 6.07) is -2.14. The first-order valence-corrected chi connectivity index (χ1v) is 5.58. The van der Waals surface area contributed by atoms with Gasteiger partial charge in [-0.2, -0.15) is 0 Å². The Labute approximate surface area is 113 Å². The monoisotopic (exact) mass is 286 g/mol. The molecule has 1 saturated heterocycles. The number of carbonyl (C=O) groups is 5. The minimum Gasteiger partial charge on any atom is -0.480 e. The van der Waals surface area contributed by atoms with E-state index in [1.807, 2.05) is 5.32 Å². The van der Waals surface area contributed by atoms with Crippen LogP contribution in [0.1, 0.15) is 6.42 Å². The molecule has 1 rings (SSSR count). The summed E-state index contributed by atoms with van der Waals surface area (Å²) in [6.45, 7) is -0.750. The zero-order chi connectivity index (χ0) is 15.4. The van der Waals surface area contributed by atoms with Gasteiger partial charge in [-0.1, -0.05) is 0 Å². The number of carboxylic acids is 1. The third kappa shape index (κ3) is 3.67. The molecule has 0 aromatic carbocycles. The van der Waals surface area contributed by atoms with Crippen LogP contribution in [0.3, 0.4) is 0 Å². The molecule has 1 heterocycles. The van der Waals surface area contributed by atoms with Gasteiger partial charge in [0.05, 0.1) is 6.42 Å². The van der Waals surface area contributed by atoms with Crippen LogP contribution in [0, 0.1) is 0 Å². The lowest BCUT2D eigenvalue weighted by atomic mass is 10.2. The Hall–Kier alpha value is -2.65. The number of carbonyl (C=O) groups excluding carboxylic acids is 4. The van der Waals surface area contributed by atoms with Crippen LogP contribution in [0.5, 0.6) is 0 Å². The third-order valence-electron chi connectivity index (χ3n) is 2.57. The van der Waals surface area contributed by atoms with E-state index in [0.29, 0.717) is 4.90 Å². The van der Waals surface area contributed by atoms with Crippen LogP contribution >= 0.6 is 0 Å². The molecule has 1 aliphatic rings. The molecule has 4 N–H and O–H groups in total. The Balaban J connectivity index is 2.62. The number of hydrogen-bond donors (Lipinski definition) is 3. The van der Waals surface area contributed by atoms with Crippen LogP contribution < -0.4 is 11.1 Å². The maximum Gasteiger partial charge on any atom is 0.327 e. The van der Waals surface area contributed by atoms with E-state index in [1.165, 1.54) is 7.05 Å². The molecule has 0 bridgehead atoms. The van der Waals surface area contributed by atoms with Gasteiger partial charge in [0, 0.05) is 7.05 Å². The van der Waals surface area contributed by atoms with Crippen molar-refractivity contribution in [1.82, 2.24) is 15.1 Å². The molecule has 10 nitrogen and oxygen atoms in total. The number of imide groups is 1. The molecule has 10 heteroatoms. The van der Waals surface area contributed by atoms with E-state index >= 15 is 0 Å². The van der Waals surface area contributed by atoms with E-state index in [4.69, 9.17) is 10.8 Å². The maximum absolute atomic E-state index is 11.6.